The summed E-state index contributed by atoms with van der Waals surface area (Å²) >= 11 is 0. The number of sulfonamides is 1. The first-order valence-electron chi connectivity index (χ1n) is 16.3. The molecule has 2 aliphatic rings. The summed E-state index contributed by atoms with van der Waals surface area (Å²) < 4.78 is 31.2. The number of carbonyl (C=O) groups is 3. The number of carbonyl (C=O) groups excluding carboxylic acids is 3. The van der Waals surface area contributed by atoms with Crippen LogP contribution in [-0.2, 0) is 44.4 Å². The molecule has 252 valence electrons. The standard InChI is InChI=1S/C34H40N8O5S/c1-40-30-11-9-25(20-29(30)37-39-40)22-36-33(44)31-21-26(19-24-13-15-35-16-14-24)23-42(31)34(45)28(10-12-32(43)41-17-5-6-18-41)38-48(46,47)27-7-3-2-4-8-27/h2-4,7-9,11,13-16,20,26,28,31,38H,5-6,10,12,17-19,21-23H2,1H3,(H,36,44). The van der Waals surface area contributed by atoms with Crippen molar-refractivity contribution >= 4 is 38.8 Å². The number of likely N-dealkylation sites (tertiary alicyclic amines) is 2. The highest BCUT2D eigenvalue weighted by Gasteiger charge is 2.42. The van der Waals surface area contributed by atoms with Crippen LogP contribution in [0.5, 0.6) is 0 Å². The zero-order chi connectivity index (χ0) is 33.7. The topological polar surface area (TPSA) is 159 Å². The van der Waals surface area contributed by atoms with Gasteiger partial charge in [-0.25, -0.2) is 13.1 Å². The third-order valence-electron chi connectivity index (χ3n) is 9.14. The van der Waals surface area contributed by atoms with Crippen molar-refractivity contribution in [3.63, 3.8) is 0 Å². The van der Waals surface area contributed by atoms with Gasteiger partial charge in [-0.15, -0.1) is 5.10 Å². The van der Waals surface area contributed by atoms with Crippen LogP contribution in [0.25, 0.3) is 11.0 Å². The Hall–Kier alpha value is -4.69. The highest BCUT2D eigenvalue weighted by molar-refractivity contribution is 7.89. The average Bonchev–Trinajstić information content (AvgIpc) is 3.87. The SMILES string of the molecule is Cn1nnc2cc(CNC(=O)C3CC(Cc4ccncc4)CN3C(=O)C(CCC(=O)N3CCCC3)NS(=O)(=O)c3ccccc3)ccc21. The molecule has 48 heavy (non-hydrogen) atoms. The van der Waals surface area contributed by atoms with Gasteiger partial charge in [0, 0.05) is 52.0 Å². The highest BCUT2D eigenvalue weighted by Crippen LogP contribution is 2.29. The summed E-state index contributed by atoms with van der Waals surface area (Å²) in [6, 6.07) is 15.2. The molecule has 2 aliphatic heterocycles. The average molecular weight is 673 g/mol. The molecule has 0 spiro atoms. The molecule has 2 fully saturated rings. The quantitative estimate of drug-likeness (QED) is 0.232. The minimum atomic E-state index is -4.11. The maximum atomic E-state index is 14.4. The number of benzene rings is 2. The third kappa shape index (κ3) is 7.71. The highest BCUT2D eigenvalue weighted by atomic mass is 32.2. The van der Waals surface area contributed by atoms with Crippen LogP contribution in [0.2, 0.25) is 0 Å². The zero-order valence-corrected chi connectivity index (χ0v) is 27.7. The lowest BCUT2D eigenvalue weighted by molar-refractivity contribution is -0.140. The van der Waals surface area contributed by atoms with E-state index in [1.165, 1.54) is 17.0 Å². The van der Waals surface area contributed by atoms with Crippen molar-refractivity contribution in [3.05, 3.63) is 84.2 Å². The molecule has 3 atom stereocenters. The summed E-state index contributed by atoms with van der Waals surface area (Å²) in [5.74, 6) is -1.03. The van der Waals surface area contributed by atoms with E-state index in [0.717, 1.165) is 29.5 Å². The maximum absolute atomic E-state index is 14.4. The van der Waals surface area contributed by atoms with Gasteiger partial charge >= 0.3 is 0 Å². The lowest BCUT2D eigenvalue weighted by Crippen LogP contribution is -2.53. The van der Waals surface area contributed by atoms with E-state index in [9.17, 15) is 22.8 Å². The molecular formula is C34H40N8O5S. The van der Waals surface area contributed by atoms with Crippen molar-refractivity contribution in [2.45, 2.75) is 62.0 Å². The smallest absolute Gasteiger partial charge is 0.243 e. The zero-order valence-electron chi connectivity index (χ0n) is 26.9. The van der Waals surface area contributed by atoms with E-state index >= 15 is 0 Å². The van der Waals surface area contributed by atoms with Crippen LogP contribution in [0.3, 0.4) is 0 Å². The molecule has 2 aromatic heterocycles. The Morgan fingerprint density at radius 3 is 2.48 bits per heavy atom. The van der Waals surface area contributed by atoms with E-state index in [0.29, 0.717) is 31.4 Å². The molecule has 14 heteroatoms. The molecule has 0 radical (unpaired) electrons. The monoisotopic (exact) mass is 672 g/mol. The first-order valence-corrected chi connectivity index (χ1v) is 17.8. The summed E-state index contributed by atoms with van der Waals surface area (Å²) in [5, 5.41) is 11.2. The number of rotatable bonds is 12. The van der Waals surface area contributed by atoms with Crippen LogP contribution >= 0.6 is 0 Å². The maximum Gasteiger partial charge on any atom is 0.243 e. The van der Waals surface area contributed by atoms with Crippen LogP contribution in [0.1, 0.15) is 43.2 Å². The van der Waals surface area contributed by atoms with Crippen molar-refractivity contribution in [3.8, 4) is 0 Å². The largest absolute Gasteiger partial charge is 0.350 e. The fourth-order valence-corrected chi connectivity index (χ4v) is 7.84. The molecule has 0 bridgehead atoms. The molecule has 2 N–H and O–H groups in total. The van der Waals surface area contributed by atoms with Crippen molar-refractivity contribution in [2.75, 3.05) is 19.6 Å². The second-order valence-electron chi connectivity index (χ2n) is 12.5. The van der Waals surface area contributed by atoms with Crippen LogP contribution < -0.4 is 10.0 Å². The van der Waals surface area contributed by atoms with E-state index in [1.807, 2.05) is 30.3 Å². The molecule has 13 nitrogen and oxygen atoms in total. The van der Waals surface area contributed by atoms with Crippen LogP contribution in [0, 0.1) is 5.92 Å². The fraction of sp³-hybridized carbons (Fsp3) is 0.412. The van der Waals surface area contributed by atoms with Gasteiger partial charge in [0.1, 0.15) is 17.6 Å². The summed E-state index contributed by atoms with van der Waals surface area (Å²) in [5.41, 5.74) is 3.42. The summed E-state index contributed by atoms with van der Waals surface area (Å²) in [7, 11) is -2.30. The number of fused-ring (bicyclic) bond motifs is 1. The Bertz CT molecular complexity index is 1860. The number of hydrogen-bond acceptors (Lipinski definition) is 8. The summed E-state index contributed by atoms with van der Waals surface area (Å²) in [6.07, 6.45) is 6.24. The van der Waals surface area contributed by atoms with Gasteiger partial charge in [0.2, 0.25) is 27.7 Å². The van der Waals surface area contributed by atoms with Gasteiger partial charge in [-0.05, 0) is 85.5 Å². The Morgan fingerprint density at radius 1 is 0.979 bits per heavy atom. The lowest BCUT2D eigenvalue weighted by atomic mass is 9.97. The molecule has 6 rings (SSSR count). The Labute approximate surface area is 279 Å². The number of hydrogen-bond donors (Lipinski definition) is 2. The lowest BCUT2D eigenvalue weighted by Gasteiger charge is -2.29. The summed E-state index contributed by atoms with van der Waals surface area (Å²) in [4.78, 5) is 48.6. The predicted molar refractivity (Wildman–Crippen MR) is 178 cm³/mol. The number of amides is 3. The van der Waals surface area contributed by atoms with E-state index in [2.05, 4.69) is 25.3 Å². The Kier molecular flexibility index (Phi) is 10.1. The van der Waals surface area contributed by atoms with Gasteiger partial charge in [-0.2, -0.15) is 4.72 Å². The first kappa shape index (κ1) is 33.2. The van der Waals surface area contributed by atoms with Gasteiger partial charge in [-0.3, -0.25) is 19.4 Å². The van der Waals surface area contributed by atoms with Gasteiger partial charge in [0.25, 0.3) is 0 Å². The van der Waals surface area contributed by atoms with Gasteiger partial charge in [0.05, 0.1) is 10.4 Å². The number of nitrogens with zero attached hydrogens (tertiary/aromatic N) is 6. The van der Waals surface area contributed by atoms with Gasteiger partial charge in [0.15, 0.2) is 0 Å². The first-order chi connectivity index (χ1) is 23.2. The normalized spacial score (nSPS) is 18.7. The van der Waals surface area contributed by atoms with Crippen molar-refractivity contribution < 1.29 is 22.8 Å². The number of aromatic nitrogens is 4. The van der Waals surface area contributed by atoms with Crippen LogP contribution in [0.15, 0.2) is 78.0 Å². The van der Waals surface area contributed by atoms with E-state index < -0.39 is 28.0 Å². The van der Waals surface area contributed by atoms with Gasteiger partial charge in [-0.1, -0.05) is 29.5 Å². The Balaban J connectivity index is 1.23. The number of pyridine rings is 1. The molecule has 2 aromatic carbocycles. The van der Waals surface area contributed by atoms with Gasteiger partial charge < -0.3 is 15.1 Å². The van der Waals surface area contributed by atoms with Crippen LogP contribution in [-0.4, -0.2) is 87.6 Å². The van der Waals surface area contributed by atoms with E-state index in [1.54, 1.807) is 47.2 Å². The van der Waals surface area contributed by atoms with Crippen molar-refractivity contribution in [1.82, 2.24) is 39.8 Å². The second-order valence-corrected chi connectivity index (χ2v) is 14.2. The molecule has 3 unspecified atom stereocenters. The Morgan fingerprint density at radius 2 is 1.73 bits per heavy atom. The molecule has 4 aromatic rings. The number of aryl methyl sites for hydroxylation is 1. The second kappa shape index (κ2) is 14.6. The molecule has 0 aliphatic carbocycles. The van der Waals surface area contributed by atoms with E-state index in [4.69, 9.17) is 0 Å². The molecule has 4 heterocycles. The molecular weight excluding hydrogens is 632 g/mol. The van der Waals surface area contributed by atoms with Crippen molar-refractivity contribution in [1.29, 1.82) is 0 Å². The molecule has 3 amide bonds. The number of nitrogens with one attached hydrogen (secondary N) is 2. The van der Waals surface area contributed by atoms with Crippen molar-refractivity contribution in [2.24, 2.45) is 13.0 Å². The molecule has 2 saturated heterocycles. The minimum absolute atomic E-state index is 0.00369. The predicted octanol–water partition coefficient (Wildman–Crippen LogP) is 2.19. The summed E-state index contributed by atoms with van der Waals surface area (Å²) in [6.45, 7) is 1.78. The minimum Gasteiger partial charge on any atom is -0.350 e. The van der Waals surface area contributed by atoms with Crippen LogP contribution in [0.4, 0.5) is 0 Å². The van der Waals surface area contributed by atoms with E-state index in [-0.39, 0.29) is 48.6 Å². The molecule has 0 saturated carbocycles. The third-order valence-corrected chi connectivity index (χ3v) is 10.6. The fourth-order valence-electron chi connectivity index (χ4n) is 6.60.